The van der Waals surface area contributed by atoms with E-state index in [0.717, 1.165) is 41.8 Å². The van der Waals surface area contributed by atoms with E-state index in [0.29, 0.717) is 24.2 Å². The van der Waals surface area contributed by atoms with Crippen LogP contribution in [0.25, 0.3) is 0 Å². The van der Waals surface area contributed by atoms with Crippen LogP contribution < -0.4 is 4.74 Å². The number of Topliss-reactive ketones (excluding diaryl/α,β-unsaturated/α-hetero) is 1. The van der Waals surface area contributed by atoms with Crippen LogP contribution in [0.3, 0.4) is 0 Å². The van der Waals surface area contributed by atoms with Gasteiger partial charge in [-0.05, 0) is 56.1 Å². The molecule has 0 N–H and O–H groups in total. The largest absolute Gasteiger partial charge is 0.496 e. The van der Waals surface area contributed by atoms with Gasteiger partial charge in [0.2, 0.25) is 0 Å². The van der Waals surface area contributed by atoms with Crippen molar-refractivity contribution in [2.24, 2.45) is 22.7 Å². The zero-order chi connectivity index (χ0) is 15.7. The summed E-state index contributed by atoms with van der Waals surface area (Å²) in [5, 5.41) is 0. The van der Waals surface area contributed by atoms with Crippen LogP contribution in [0.2, 0.25) is 0 Å². The van der Waals surface area contributed by atoms with Crippen LogP contribution in [-0.4, -0.2) is 19.1 Å². The van der Waals surface area contributed by atoms with E-state index in [2.05, 4.69) is 18.9 Å². The van der Waals surface area contributed by atoms with E-state index in [9.17, 15) is 4.79 Å². The summed E-state index contributed by atoms with van der Waals surface area (Å²) in [5.74, 6) is 2.54. The number of hydrogen-bond donors (Lipinski definition) is 0. The molecule has 1 aromatic rings. The molecule has 0 bridgehead atoms. The van der Waals surface area contributed by atoms with E-state index in [1.165, 1.54) is 0 Å². The van der Waals surface area contributed by atoms with E-state index in [4.69, 9.17) is 9.73 Å². The fourth-order valence-corrected chi connectivity index (χ4v) is 3.82. The normalized spacial score (nSPS) is 27.4. The Hall–Kier alpha value is -1.90. The standard InChI is InChI=1S/C19H23NO2/c1-4-13-9-14-5-7-17(21)16-6-8-18(22-3)12(2)19(16)20-11-15(14)10-13/h4,6,8,11,13-15H,1,5,7,9-10H2,2-3H3/t13?,14?,15-/m0/s1. The lowest BCUT2D eigenvalue weighted by molar-refractivity contribution is 0.0973. The summed E-state index contributed by atoms with van der Waals surface area (Å²) in [4.78, 5) is 17.3. The number of rotatable bonds is 2. The van der Waals surface area contributed by atoms with Crippen molar-refractivity contribution >= 4 is 17.7 Å². The van der Waals surface area contributed by atoms with Gasteiger partial charge < -0.3 is 4.74 Å². The van der Waals surface area contributed by atoms with Crippen LogP contribution in [0.5, 0.6) is 5.75 Å². The second-order valence-corrected chi connectivity index (χ2v) is 6.42. The molecule has 3 nitrogen and oxygen atoms in total. The Balaban J connectivity index is 2.02. The Morgan fingerprint density at radius 3 is 2.91 bits per heavy atom. The van der Waals surface area contributed by atoms with Gasteiger partial charge in [0.25, 0.3) is 0 Å². The third-order valence-corrected chi connectivity index (χ3v) is 5.16. The molecule has 1 aromatic carbocycles. The number of carbonyl (C=O) groups excluding carboxylic acids is 1. The van der Waals surface area contributed by atoms with Crippen molar-refractivity contribution in [1.82, 2.24) is 0 Å². The van der Waals surface area contributed by atoms with Crippen LogP contribution >= 0.6 is 0 Å². The average Bonchev–Trinajstić information content (AvgIpc) is 2.94. The lowest BCUT2D eigenvalue weighted by atomic mass is 9.91. The molecule has 0 amide bonds. The van der Waals surface area contributed by atoms with E-state index in [1.807, 2.05) is 19.1 Å². The lowest BCUT2D eigenvalue weighted by Gasteiger charge is -2.13. The van der Waals surface area contributed by atoms with E-state index in [-0.39, 0.29) is 5.78 Å². The van der Waals surface area contributed by atoms with Crippen molar-refractivity contribution in [3.05, 3.63) is 35.9 Å². The molecule has 1 saturated carbocycles. The summed E-state index contributed by atoms with van der Waals surface area (Å²) in [6, 6.07) is 3.72. The van der Waals surface area contributed by atoms with Gasteiger partial charge in [0.15, 0.2) is 5.78 Å². The average molecular weight is 297 g/mol. The molecule has 3 atom stereocenters. The molecule has 1 fully saturated rings. The summed E-state index contributed by atoms with van der Waals surface area (Å²) in [6.07, 6.45) is 7.91. The van der Waals surface area contributed by atoms with Gasteiger partial charge in [-0.3, -0.25) is 9.79 Å². The van der Waals surface area contributed by atoms with Gasteiger partial charge in [0, 0.05) is 23.8 Å². The minimum Gasteiger partial charge on any atom is -0.496 e. The molecule has 116 valence electrons. The number of aliphatic imine (C=N–C) groups is 1. The molecule has 3 heteroatoms. The zero-order valence-corrected chi connectivity index (χ0v) is 13.3. The van der Waals surface area contributed by atoms with E-state index >= 15 is 0 Å². The molecule has 0 aromatic heterocycles. The van der Waals surface area contributed by atoms with Gasteiger partial charge in [-0.25, -0.2) is 0 Å². The molecular weight excluding hydrogens is 274 g/mol. The number of allylic oxidation sites excluding steroid dienone is 1. The van der Waals surface area contributed by atoms with Gasteiger partial charge >= 0.3 is 0 Å². The molecule has 2 unspecified atom stereocenters. The topological polar surface area (TPSA) is 38.7 Å². The number of benzene rings is 1. The minimum atomic E-state index is 0.195. The second kappa shape index (κ2) is 6.07. The van der Waals surface area contributed by atoms with Crippen LogP contribution in [0.1, 0.15) is 41.6 Å². The highest BCUT2D eigenvalue weighted by Gasteiger charge is 2.33. The molecular formula is C19H23NO2. The van der Waals surface area contributed by atoms with Crippen LogP contribution in [0.4, 0.5) is 5.69 Å². The third kappa shape index (κ3) is 2.60. The molecule has 1 aliphatic heterocycles. The molecule has 1 heterocycles. The predicted molar refractivity (Wildman–Crippen MR) is 89.3 cm³/mol. The van der Waals surface area contributed by atoms with Crippen LogP contribution in [0, 0.1) is 24.7 Å². The maximum Gasteiger partial charge on any atom is 0.165 e. The van der Waals surface area contributed by atoms with Gasteiger partial charge in [0.05, 0.1) is 12.8 Å². The molecule has 22 heavy (non-hydrogen) atoms. The zero-order valence-electron chi connectivity index (χ0n) is 13.3. The highest BCUT2D eigenvalue weighted by molar-refractivity contribution is 6.02. The number of hydrogen-bond acceptors (Lipinski definition) is 3. The maximum absolute atomic E-state index is 12.6. The Kier molecular flexibility index (Phi) is 4.14. The number of ketones is 1. The molecule has 0 spiro atoms. The van der Waals surface area contributed by atoms with Gasteiger partial charge in [0.1, 0.15) is 5.75 Å². The predicted octanol–water partition coefficient (Wildman–Crippen LogP) is 4.51. The first-order chi connectivity index (χ1) is 10.6. The number of methoxy groups -OCH3 is 1. The fraction of sp³-hybridized carbons (Fsp3) is 0.474. The number of carbonyl (C=O) groups is 1. The Morgan fingerprint density at radius 2 is 2.18 bits per heavy atom. The van der Waals surface area contributed by atoms with Crippen LogP contribution in [0.15, 0.2) is 29.8 Å². The van der Waals surface area contributed by atoms with Crippen molar-refractivity contribution in [3.8, 4) is 5.75 Å². The highest BCUT2D eigenvalue weighted by Crippen LogP contribution is 2.41. The fourth-order valence-electron chi connectivity index (χ4n) is 3.82. The molecule has 2 aliphatic rings. The van der Waals surface area contributed by atoms with Gasteiger partial charge in [-0.2, -0.15) is 0 Å². The first kappa shape index (κ1) is 15.0. The number of nitrogens with zero attached hydrogens (tertiary/aromatic N) is 1. The molecule has 3 rings (SSSR count). The quantitative estimate of drug-likeness (QED) is 0.753. The summed E-state index contributed by atoms with van der Waals surface area (Å²) in [5.41, 5.74) is 2.46. The number of fused-ring (bicyclic) bond motifs is 2. The molecule has 1 aliphatic carbocycles. The first-order valence-electron chi connectivity index (χ1n) is 8.01. The van der Waals surface area contributed by atoms with Gasteiger partial charge in [-0.15, -0.1) is 6.58 Å². The molecule has 0 saturated heterocycles. The third-order valence-electron chi connectivity index (χ3n) is 5.16. The van der Waals surface area contributed by atoms with Crippen LogP contribution in [-0.2, 0) is 0 Å². The van der Waals surface area contributed by atoms with Crippen molar-refractivity contribution in [2.75, 3.05) is 7.11 Å². The van der Waals surface area contributed by atoms with Gasteiger partial charge in [-0.1, -0.05) is 6.08 Å². The van der Waals surface area contributed by atoms with Crippen molar-refractivity contribution in [3.63, 3.8) is 0 Å². The Morgan fingerprint density at radius 1 is 1.36 bits per heavy atom. The second-order valence-electron chi connectivity index (χ2n) is 6.42. The summed E-state index contributed by atoms with van der Waals surface area (Å²) < 4.78 is 5.37. The van der Waals surface area contributed by atoms with Crippen molar-refractivity contribution < 1.29 is 9.53 Å². The summed E-state index contributed by atoms with van der Waals surface area (Å²) in [7, 11) is 1.65. The highest BCUT2D eigenvalue weighted by atomic mass is 16.5. The first-order valence-corrected chi connectivity index (χ1v) is 8.01. The summed E-state index contributed by atoms with van der Waals surface area (Å²) in [6.45, 7) is 5.90. The van der Waals surface area contributed by atoms with Crippen molar-refractivity contribution in [1.29, 1.82) is 0 Å². The lowest BCUT2D eigenvalue weighted by Crippen LogP contribution is -2.10. The maximum atomic E-state index is 12.6. The SMILES string of the molecule is C=CC1CC2CCC(=O)c3ccc(OC)c(C)c3N=C[C@@H]2C1. The van der Waals surface area contributed by atoms with E-state index in [1.54, 1.807) is 7.11 Å². The minimum absolute atomic E-state index is 0.195. The summed E-state index contributed by atoms with van der Waals surface area (Å²) >= 11 is 0. The monoisotopic (exact) mass is 297 g/mol. The number of ether oxygens (including phenoxy) is 1. The van der Waals surface area contributed by atoms with E-state index < -0.39 is 0 Å². The molecule has 0 radical (unpaired) electrons. The Bertz CT molecular complexity index is 633. The Labute approximate surface area is 132 Å². The smallest absolute Gasteiger partial charge is 0.165 e. The van der Waals surface area contributed by atoms with Crippen molar-refractivity contribution in [2.45, 2.75) is 32.6 Å².